The summed E-state index contributed by atoms with van der Waals surface area (Å²) in [4.78, 5) is 11.5. The molecule has 3 rings (SSSR count). The number of nitrogens with zero attached hydrogens (tertiary/aromatic N) is 2. The van der Waals surface area contributed by atoms with Gasteiger partial charge in [-0.25, -0.2) is 14.4 Å². The highest BCUT2D eigenvalue weighted by atomic mass is 79.9. The average molecular weight is 333 g/mol. The summed E-state index contributed by atoms with van der Waals surface area (Å²) in [5.74, 6) is 0.376. The lowest BCUT2D eigenvalue weighted by Gasteiger charge is -2.03. The molecule has 0 aliphatic carbocycles. The predicted molar refractivity (Wildman–Crippen MR) is 79.3 cm³/mol. The molecular formula is C14H10BrFN4. The molecule has 0 bridgehead atoms. The van der Waals surface area contributed by atoms with Crippen molar-refractivity contribution < 1.29 is 4.39 Å². The summed E-state index contributed by atoms with van der Waals surface area (Å²) in [6.45, 7) is 0. The fraction of sp³-hybridized carbons (Fsp3) is 0. The van der Waals surface area contributed by atoms with Crippen LogP contribution >= 0.6 is 15.9 Å². The summed E-state index contributed by atoms with van der Waals surface area (Å²) in [6, 6.07) is 7.99. The molecule has 0 saturated heterocycles. The van der Waals surface area contributed by atoms with E-state index in [1.807, 2.05) is 0 Å². The standard InChI is InChI=1S/C14H10BrFN4/c15-13-12(17)10(5-6-18-13)14-19-7-11(20-14)8-1-3-9(16)4-2-8/h1-7H,17H2,(H,19,20). The van der Waals surface area contributed by atoms with Gasteiger partial charge in [0.05, 0.1) is 17.6 Å². The maximum absolute atomic E-state index is 12.9. The highest BCUT2D eigenvalue weighted by Crippen LogP contribution is 2.29. The van der Waals surface area contributed by atoms with Crippen LogP contribution in [0.4, 0.5) is 10.1 Å². The minimum Gasteiger partial charge on any atom is -0.396 e. The van der Waals surface area contributed by atoms with Crippen LogP contribution in [0, 0.1) is 5.82 Å². The van der Waals surface area contributed by atoms with Gasteiger partial charge in [-0.05, 0) is 51.8 Å². The topological polar surface area (TPSA) is 67.6 Å². The molecule has 0 amide bonds. The summed E-state index contributed by atoms with van der Waals surface area (Å²) >= 11 is 3.28. The van der Waals surface area contributed by atoms with Gasteiger partial charge in [-0.15, -0.1) is 0 Å². The third-order valence-corrected chi connectivity index (χ3v) is 3.56. The van der Waals surface area contributed by atoms with Crippen molar-refractivity contribution >= 4 is 21.6 Å². The van der Waals surface area contributed by atoms with Crippen molar-refractivity contribution in [1.29, 1.82) is 0 Å². The van der Waals surface area contributed by atoms with E-state index in [9.17, 15) is 4.39 Å². The van der Waals surface area contributed by atoms with Gasteiger partial charge in [-0.1, -0.05) is 0 Å². The van der Waals surface area contributed by atoms with Crippen LogP contribution in [-0.2, 0) is 0 Å². The number of nitrogen functional groups attached to an aromatic ring is 1. The third kappa shape index (κ3) is 2.30. The maximum atomic E-state index is 12.9. The Morgan fingerprint density at radius 3 is 2.60 bits per heavy atom. The molecule has 0 saturated carbocycles. The molecule has 2 aromatic heterocycles. The molecule has 0 aliphatic heterocycles. The molecule has 0 atom stereocenters. The maximum Gasteiger partial charge on any atom is 0.139 e. The van der Waals surface area contributed by atoms with Gasteiger partial charge in [0.1, 0.15) is 16.2 Å². The van der Waals surface area contributed by atoms with Gasteiger partial charge in [0.25, 0.3) is 0 Å². The first-order chi connectivity index (χ1) is 9.65. The number of aromatic amines is 1. The number of pyridine rings is 1. The molecule has 100 valence electrons. The van der Waals surface area contributed by atoms with Crippen LogP contribution in [-0.4, -0.2) is 15.0 Å². The molecule has 6 heteroatoms. The first kappa shape index (κ1) is 12.8. The minimum absolute atomic E-state index is 0.268. The van der Waals surface area contributed by atoms with Gasteiger partial charge in [0.2, 0.25) is 0 Å². The molecule has 3 aromatic rings. The van der Waals surface area contributed by atoms with Gasteiger partial charge in [0.15, 0.2) is 0 Å². The lowest BCUT2D eigenvalue weighted by molar-refractivity contribution is 0.628. The first-order valence-corrected chi connectivity index (χ1v) is 6.66. The fourth-order valence-electron chi connectivity index (χ4n) is 1.89. The quantitative estimate of drug-likeness (QED) is 0.704. The van der Waals surface area contributed by atoms with E-state index in [0.717, 1.165) is 16.8 Å². The lowest BCUT2D eigenvalue weighted by atomic mass is 10.2. The second kappa shape index (κ2) is 5.05. The number of hydrogen-bond donors (Lipinski definition) is 2. The van der Waals surface area contributed by atoms with Crippen LogP contribution in [0.1, 0.15) is 0 Å². The zero-order valence-corrected chi connectivity index (χ0v) is 11.9. The van der Waals surface area contributed by atoms with Gasteiger partial charge < -0.3 is 10.7 Å². The smallest absolute Gasteiger partial charge is 0.139 e. The van der Waals surface area contributed by atoms with Crippen LogP contribution < -0.4 is 5.73 Å². The SMILES string of the molecule is Nc1c(-c2ncc(-c3ccc(F)cc3)[nH]2)ccnc1Br. The van der Waals surface area contributed by atoms with E-state index in [-0.39, 0.29) is 5.82 Å². The molecule has 0 radical (unpaired) electrons. The first-order valence-electron chi connectivity index (χ1n) is 5.86. The zero-order chi connectivity index (χ0) is 14.1. The molecule has 0 unspecified atom stereocenters. The van der Waals surface area contributed by atoms with E-state index in [1.54, 1.807) is 30.6 Å². The number of halogens is 2. The van der Waals surface area contributed by atoms with Gasteiger partial charge in [0, 0.05) is 11.8 Å². The molecule has 2 heterocycles. The molecule has 0 spiro atoms. The van der Waals surface area contributed by atoms with E-state index < -0.39 is 0 Å². The number of imidazole rings is 1. The van der Waals surface area contributed by atoms with Crippen molar-refractivity contribution in [3.05, 3.63) is 53.1 Å². The Hall–Kier alpha value is -2.21. The monoisotopic (exact) mass is 332 g/mol. The molecular weight excluding hydrogens is 323 g/mol. The summed E-state index contributed by atoms with van der Waals surface area (Å²) in [7, 11) is 0. The van der Waals surface area contributed by atoms with Gasteiger partial charge >= 0.3 is 0 Å². The Balaban J connectivity index is 2.02. The van der Waals surface area contributed by atoms with Crippen molar-refractivity contribution in [3.63, 3.8) is 0 Å². The molecule has 4 nitrogen and oxygen atoms in total. The Morgan fingerprint density at radius 2 is 1.85 bits per heavy atom. The number of anilines is 1. The van der Waals surface area contributed by atoms with Gasteiger partial charge in [-0.3, -0.25) is 0 Å². The normalized spacial score (nSPS) is 10.7. The van der Waals surface area contributed by atoms with Crippen molar-refractivity contribution in [2.45, 2.75) is 0 Å². The zero-order valence-electron chi connectivity index (χ0n) is 10.3. The van der Waals surface area contributed by atoms with E-state index in [4.69, 9.17) is 5.73 Å². The van der Waals surface area contributed by atoms with Crippen molar-refractivity contribution in [2.24, 2.45) is 0 Å². The largest absolute Gasteiger partial charge is 0.396 e. The van der Waals surface area contributed by atoms with Crippen molar-refractivity contribution in [2.75, 3.05) is 5.73 Å². The summed E-state index contributed by atoms with van der Waals surface area (Å²) in [6.07, 6.45) is 3.34. The number of nitrogens with two attached hydrogens (primary N) is 1. The van der Waals surface area contributed by atoms with Crippen LogP contribution in [0.5, 0.6) is 0 Å². The molecule has 0 aliphatic rings. The number of hydrogen-bond acceptors (Lipinski definition) is 3. The Bertz CT molecular complexity index is 752. The van der Waals surface area contributed by atoms with Gasteiger partial charge in [-0.2, -0.15) is 0 Å². The van der Waals surface area contributed by atoms with Crippen molar-refractivity contribution in [1.82, 2.24) is 15.0 Å². The fourth-order valence-corrected chi connectivity index (χ4v) is 2.22. The minimum atomic E-state index is -0.268. The number of aromatic nitrogens is 3. The summed E-state index contributed by atoms with van der Waals surface area (Å²) in [5, 5.41) is 0. The lowest BCUT2D eigenvalue weighted by Crippen LogP contribution is -1.94. The van der Waals surface area contributed by atoms with Crippen LogP contribution in [0.3, 0.4) is 0 Å². The molecule has 20 heavy (non-hydrogen) atoms. The van der Waals surface area contributed by atoms with Crippen LogP contribution in [0.2, 0.25) is 0 Å². The summed E-state index contributed by atoms with van der Waals surface area (Å²) in [5.41, 5.74) is 8.91. The Kier molecular flexibility index (Phi) is 3.23. The van der Waals surface area contributed by atoms with E-state index >= 15 is 0 Å². The molecule has 3 N–H and O–H groups in total. The van der Waals surface area contributed by atoms with E-state index in [1.165, 1.54) is 12.1 Å². The highest BCUT2D eigenvalue weighted by molar-refractivity contribution is 9.10. The molecule has 0 fully saturated rings. The Morgan fingerprint density at radius 1 is 1.10 bits per heavy atom. The number of rotatable bonds is 2. The second-order valence-electron chi connectivity index (χ2n) is 4.22. The number of H-pyrrole nitrogens is 1. The average Bonchev–Trinajstić information content (AvgIpc) is 2.92. The highest BCUT2D eigenvalue weighted by Gasteiger charge is 2.10. The second-order valence-corrected chi connectivity index (χ2v) is 4.97. The van der Waals surface area contributed by atoms with E-state index in [0.29, 0.717) is 16.1 Å². The number of benzene rings is 1. The predicted octanol–water partition coefficient (Wildman–Crippen LogP) is 3.62. The van der Waals surface area contributed by atoms with Crippen LogP contribution in [0.15, 0.2) is 47.3 Å². The third-order valence-electron chi connectivity index (χ3n) is 2.93. The van der Waals surface area contributed by atoms with Crippen LogP contribution in [0.25, 0.3) is 22.6 Å². The van der Waals surface area contributed by atoms with Crippen molar-refractivity contribution in [3.8, 4) is 22.6 Å². The Labute approximate surface area is 123 Å². The summed E-state index contributed by atoms with van der Waals surface area (Å²) < 4.78 is 13.5. The van der Waals surface area contributed by atoms with E-state index in [2.05, 4.69) is 30.9 Å². The molecule has 1 aromatic carbocycles. The number of nitrogens with one attached hydrogen (secondary N) is 1.